The quantitative estimate of drug-likeness (QED) is 0.675. The van der Waals surface area contributed by atoms with Crippen molar-refractivity contribution in [3.8, 4) is 0 Å². The van der Waals surface area contributed by atoms with Crippen molar-refractivity contribution in [3.05, 3.63) is 29.8 Å². The van der Waals surface area contributed by atoms with E-state index in [4.69, 9.17) is 5.11 Å². The minimum Gasteiger partial charge on any atom is -0.394 e. The fourth-order valence-corrected chi connectivity index (χ4v) is 1.71. The van der Waals surface area contributed by atoms with Crippen LogP contribution in [0, 0.1) is 0 Å². The summed E-state index contributed by atoms with van der Waals surface area (Å²) in [6.07, 6.45) is 1.70. The van der Waals surface area contributed by atoms with Crippen LogP contribution in [0.2, 0.25) is 0 Å². The topological polar surface area (TPSA) is 49.3 Å². The molecular formula is C11H13NO2S. The van der Waals surface area contributed by atoms with Gasteiger partial charge in [-0.15, -0.1) is 12.6 Å². The maximum absolute atomic E-state index is 11.8. The predicted molar refractivity (Wildman–Crippen MR) is 60.2 cm³/mol. The second kappa shape index (κ2) is 3.87. The molecule has 3 nitrogen and oxygen atoms in total. The highest BCUT2D eigenvalue weighted by Crippen LogP contribution is 2.35. The monoisotopic (exact) mass is 223 g/mol. The van der Waals surface area contributed by atoms with Crippen molar-refractivity contribution in [2.75, 3.05) is 6.61 Å². The molecule has 1 fully saturated rings. The van der Waals surface area contributed by atoms with Crippen LogP contribution in [0.25, 0.3) is 0 Å². The fourth-order valence-electron chi connectivity index (χ4n) is 1.45. The number of aliphatic hydroxyl groups excluding tert-OH is 1. The first kappa shape index (κ1) is 10.5. The molecule has 0 bridgehead atoms. The summed E-state index contributed by atoms with van der Waals surface area (Å²) in [5.74, 6) is -0.160. The SMILES string of the molecule is O=C(NC1(CO)CC1)c1ccccc1S. The molecule has 0 unspecified atom stereocenters. The lowest BCUT2D eigenvalue weighted by Gasteiger charge is -2.14. The van der Waals surface area contributed by atoms with Gasteiger partial charge in [-0.25, -0.2) is 0 Å². The van der Waals surface area contributed by atoms with Gasteiger partial charge in [-0.05, 0) is 25.0 Å². The van der Waals surface area contributed by atoms with Gasteiger partial charge >= 0.3 is 0 Å². The Balaban J connectivity index is 2.12. The van der Waals surface area contributed by atoms with Gasteiger partial charge in [0.1, 0.15) is 0 Å². The summed E-state index contributed by atoms with van der Waals surface area (Å²) in [6.45, 7) is 0.00742. The van der Waals surface area contributed by atoms with Gasteiger partial charge in [-0.2, -0.15) is 0 Å². The van der Waals surface area contributed by atoms with E-state index in [0.717, 1.165) is 12.8 Å². The largest absolute Gasteiger partial charge is 0.394 e. The van der Waals surface area contributed by atoms with E-state index in [2.05, 4.69) is 17.9 Å². The van der Waals surface area contributed by atoms with Gasteiger partial charge in [0.05, 0.1) is 17.7 Å². The summed E-state index contributed by atoms with van der Waals surface area (Å²) in [6, 6.07) is 7.13. The number of aliphatic hydroxyl groups is 1. The molecule has 0 saturated heterocycles. The first-order valence-electron chi connectivity index (χ1n) is 4.88. The zero-order chi connectivity index (χ0) is 10.9. The van der Waals surface area contributed by atoms with Crippen LogP contribution in [0.4, 0.5) is 0 Å². The van der Waals surface area contributed by atoms with Crippen LogP contribution in [0.5, 0.6) is 0 Å². The lowest BCUT2D eigenvalue weighted by atomic mass is 10.2. The average Bonchev–Trinajstić information content (AvgIpc) is 2.99. The van der Waals surface area contributed by atoms with E-state index >= 15 is 0 Å². The summed E-state index contributed by atoms with van der Waals surface area (Å²) in [5, 5.41) is 11.9. The third-order valence-electron chi connectivity index (χ3n) is 2.68. The van der Waals surface area contributed by atoms with Crippen LogP contribution in [0.3, 0.4) is 0 Å². The first-order chi connectivity index (χ1) is 7.17. The molecule has 15 heavy (non-hydrogen) atoms. The second-order valence-electron chi connectivity index (χ2n) is 3.91. The molecular weight excluding hydrogens is 210 g/mol. The normalized spacial score (nSPS) is 17.2. The Kier molecular flexibility index (Phi) is 2.71. The number of carbonyl (C=O) groups excluding carboxylic acids is 1. The number of carbonyl (C=O) groups is 1. The van der Waals surface area contributed by atoms with Gasteiger partial charge in [0.25, 0.3) is 5.91 Å². The Bertz CT molecular complexity index is 388. The van der Waals surface area contributed by atoms with Gasteiger partial charge < -0.3 is 10.4 Å². The number of hydrogen-bond donors (Lipinski definition) is 3. The molecule has 0 spiro atoms. The molecule has 0 radical (unpaired) electrons. The van der Waals surface area contributed by atoms with E-state index in [0.29, 0.717) is 10.5 Å². The number of amides is 1. The smallest absolute Gasteiger partial charge is 0.252 e. The van der Waals surface area contributed by atoms with E-state index in [-0.39, 0.29) is 18.1 Å². The van der Waals surface area contributed by atoms with Gasteiger partial charge in [0.2, 0.25) is 0 Å². The summed E-state index contributed by atoms with van der Waals surface area (Å²) in [5.41, 5.74) is 0.188. The van der Waals surface area contributed by atoms with Gasteiger partial charge in [0, 0.05) is 4.90 Å². The Labute approximate surface area is 93.9 Å². The molecule has 1 aliphatic rings. The average molecular weight is 223 g/mol. The molecule has 0 heterocycles. The summed E-state index contributed by atoms with van der Waals surface area (Å²) in [7, 11) is 0. The van der Waals surface area contributed by atoms with Crippen molar-refractivity contribution in [1.29, 1.82) is 0 Å². The highest BCUT2D eigenvalue weighted by Gasteiger charge is 2.43. The van der Waals surface area contributed by atoms with Gasteiger partial charge in [-0.1, -0.05) is 12.1 Å². The minimum atomic E-state index is -0.368. The minimum absolute atomic E-state index is 0.00742. The lowest BCUT2D eigenvalue weighted by molar-refractivity contribution is 0.0904. The maximum Gasteiger partial charge on any atom is 0.252 e. The molecule has 0 aromatic heterocycles. The van der Waals surface area contributed by atoms with Crippen LogP contribution in [0.1, 0.15) is 23.2 Å². The Morgan fingerprint density at radius 2 is 2.13 bits per heavy atom. The number of nitrogens with one attached hydrogen (secondary N) is 1. The molecule has 1 aliphatic carbocycles. The van der Waals surface area contributed by atoms with Crippen molar-refractivity contribution in [1.82, 2.24) is 5.32 Å². The Hall–Kier alpha value is -1.00. The van der Waals surface area contributed by atoms with Gasteiger partial charge in [-0.3, -0.25) is 4.79 Å². The highest BCUT2D eigenvalue weighted by molar-refractivity contribution is 7.80. The molecule has 0 aliphatic heterocycles. The van der Waals surface area contributed by atoms with Crippen LogP contribution < -0.4 is 5.32 Å². The van der Waals surface area contributed by atoms with Crippen molar-refractivity contribution >= 4 is 18.5 Å². The standard InChI is InChI=1S/C11H13NO2S/c13-7-11(5-6-11)12-10(14)8-3-1-2-4-9(8)15/h1-4,13,15H,5-7H2,(H,12,14). The van der Waals surface area contributed by atoms with E-state index in [1.807, 2.05) is 6.07 Å². The third-order valence-corrected chi connectivity index (χ3v) is 3.07. The van der Waals surface area contributed by atoms with E-state index < -0.39 is 0 Å². The number of benzene rings is 1. The zero-order valence-electron chi connectivity index (χ0n) is 8.23. The van der Waals surface area contributed by atoms with E-state index in [9.17, 15) is 4.79 Å². The number of thiol groups is 1. The first-order valence-corrected chi connectivity index (χ1v) is 5.33. The van der Waals surface area contributed by atoms with Crippen molar-refractivity contribution in [2.24, 2.45) is 0 Å². The Morgan fingerprint density at radius 1 is 1.47 bits per heavy atom. The molecule has 1 aromatic carbocycles. The molecule has 1 amide bonds. The van der Waals surface area contributed by atoms with Crippen LogP contribution in [0.15, 0.2) is 29.2 Å². The predicted octanol–water partition coefficient (Wildman–Crippen LogP) is 1.23. The highest BCUT2D eigenvalue weighted by atomic mass is 32.1. The fraction of sp³-hybridized carbons (Fsp3) is 0.364. The molecule has 2 rings (SSSR count). The van der Waals surface area contributed by atoms with Crippen molar-refractivity contribution in [3.63, 3.8) is 0 Å². The maximum atomic E-state index is 11.8. The lowest BCUT2D eigenvalue weighted by Crippen LogP contribution is -2.39. The number of hydrogen-bond acceptors (Lipinski definition) is 3. The summed E-state index contributed by atoms with van der Waals surface area (Å²) in [4.78, 5) is 12.5. The zero-order valence-corrected chi connectivity index (χ0v) is 9.13. The second-order valence-corrected chi connectivity index (χ2v) is 4.39. The molecule has 1 saturated carbocycles. The van der Waals surface area contributed by atoms with Crippen LogP contribution in [-0.4, -0.2) is 23.2 Å². The molecule has 0 atom stereocenters. The van der Waals surface area contributed by atoms with Crippen LogP contribution >= 0.6 is 12.6 Å². The Morgan fingerprint density at radius 3 is 2.67 bits per heavy atom. The molecule has 80 valence electrons. The molecule has 1 aromatic rings. The summed E-state index contributed by atoms with van der Waals surface area (Å²) >= 11 is 4.21. The van der Waals surface area contributed by atoms with E-state index in [1.54, 1.807) is 18.2 Å². The van der Waals surface area contributed by atoms with Crippen LogP contribution in [-0.2, 0) is 0 Å². The molecule has 2 N–H and O–H groups in total. The van der Waals surface area contributed by atoms with E-state index in [1.165, 1.54) is 0 Å². The summed E-state index contributed by atoms with van der Waals surface area (Å²) < 4.78 is 0. The van der Waals surface area contributed by atoms with Gasteiger partial charge in [0.15, 0.2) is 0 Å². The molecule has 4 heteroatoms. The van der Waals surface area contributed by atoms with Crippen molar-refractivity contribution in [2.45, 2.75) is 23.3 Å². The number of rotatable bonds is 3. The third kappa shape index (κ3) is 2.16. The van der Waals surface area contributed by atoms with Crippen molar-refractivity contribution < 1.29 is 9.90 Å².